The number of nitrogens with zero attached hydrogens (tertiary/aromatic N) is 3. The van der Waals surface area contributed by atoms with Crippen molar-refractivity contribution in [3.05, 3.63) is 31.5 Å². The van der Waals surface area contributed by atoms with Crippen molar-refractivity contribution in [1.82, 2.24) is 13.7 Å². The molecule has 1 heterocycles. The van der Waals surface area contributed by atoms with E-state index in [1.165, 1.54) is 0 Å². The first-order valence-corrected chi connectivity index (χ1v) is 12.1. The van der Waals surface area contributed by atoms with Crippen LogP contribution in [0.2, 0.25) is 0 Å². The fourth-order valence-corrected chi connectivity index (χ4v) is 4.45. The van der Waals surface area contributed by atoms with Crippen LogP contribution in [0.1, 0.15) is 12.8 Å². The molecule has 1 rings (SSSR count). The molecule has 150 valence electrons. The van der Waals surface area contributed by atoms with Gasteiger partial charge in [-0.25, -0.2) is 28.1 Å². The van der Waals surface area contributed by atoms with Crippen LogP contribution in [-0.4, -0.2) is 59.9 Å². The first-order valence-electron chi connectivity index (χ1n) is 8.51. The molecule has 0 saturated carbocycles. The van der Waals surface area contributed by atoms with Crippen LogP contribution in [0.3, 0.4) is 0 Å². The Morgan fingerprint density at radius 2 is 1.08 bits per heavy atom. The third-order valence-corrected chi connectivity index (χ3v) is 6.71. The van der Waals surface area contributed by atoms with Gasteiger partial charge in [0.2, 0.25) is 0 Å². The van der Waals surface area contributed by atoms with Crippen molar-refractivity contribution in [2.24, 2.45) is 0 Å². The zero-order valence-corrected chi connectivity index (χ0v) is 18.1. The largest absolute Gasteiger partial charge is 0.395 e. The second-order valence-corrected chi connectivity index (χ2v) is 8.75. The van der Waals surface area contributed by atoms with Crippen molar-refractivity contribution >= 4 is 48.8 Å². The van der Waals surface area contributed by atoms with E-state index in [0.717, 1.165) is 48.2 Å². The number of aliphatic hydroxyl groups is 1. The lowest BCUT2D eigenvalue weighted by molar-refractivity contribution is 0.264. The lowest BCUT2D eigenvalue weighted by Crippen LogP contribution is -2.55. The van der Waals surface area contributed by atoms with Crippen LogP contribution >= 0.6 is 48.8 Å². The predicted molar refractivity (Wildman–Crippen MR) is 118 cm³/mol. The van der Waals surface area contributed by atoms with Crippen LogP contribution < -0.4 is 17.1 Å². The molecule has 1 aromatic rings. The Hall–Kier alpha value is -0.230. The molecule has 0 aliphatic carbocycles. The molecule has 0 atom stereocenters. The van der Waals surface area contributed by atoms with E-state index in [9.17, 15) is 14.4 Å². The van der Waals surface area contributed by atoms with E-state index in [2.05, 4.69) is 25.3 Å². The van der Waals surface area contributed by atoms with Gasteiger partial charge in [-0.15, -0.1) is 0 Å². The summed E-state index contributed by atoms with van der Waals surface area (Å²) in [6.07, 6.45) is 1.31. The summed E-state index contributed by atoms with van der Waals surface area (Å²) < 4.78 is 3.17. The lowest BCUT2D eigenvalue weighted by atomic mass is 10.4. The number of thioether (sulfide) groups is 2. The Labute approximate surface area is 172 Å². The normalized spacial score (nSPS) is 11.2. The van der Waals surface area contributed by atoms with Crippen molar-refractivity contribution < 1.29 is 5.11 Å². The lowest BCUT2D eigenvalue weighted by Gasteiger charge is -2.13. The highest BCUT2D eigenvalue weighted by molar-refractivity contribution is 8.00. The molecule has 1 aromatic heterocycles. The number of hydrogen-bond acceptors (Lipinski definition) is 8. The van der Waals surface area contributed by atoms with Crippen LogP contribution in [-0.2, 0) is 19.6 Å². The third-order valence-electron chi connectivity index (χ3n) is 3.52. The molecule has 0 spiro atoms. The molecular weight excluding hydrogens is 414 g/mol. The van der Waals surface area contributed by atoms with Crippen molar-refractivity contribution in [2.45, 2.75) is 32.5 Å². The molecule has 1 N–H and O–H groups in total. The molecule has 0 fully saturated rings. The molecule has 0 bridgehead atoms. The molecule has 0 radical (unpaired) electrons. The van der Waals surface area contributed by atoms with Crippen molar-refractivity contribution in [3.8, 4) is 0 Å². The van der Waals surface area contributed by atoms with E-state index in [0.29, 0.717) is 12.8 Å². The number of hydrogen-bond donors (Lipinski definition) is 3. The molecule has 11 heteroatoms. The summed E-state index contributed by atoms with van der Waals surface area (Å²) in [5.41, 5.74) is -1.85. The standard InChI is InChI=1S/C15H27N3O4S4/c19-6-5-18-14(21)16(3-1-9-25-11-7-23)13(20)17(15(18)22)4-2-10-26-12-8-24/h19,23-24H,1-12H2. The minimum Gasteiger partial charge on any atom is -0.395 e. The first-order chi connectivity index (χ1) is 12.6. The van der Waals surface area contributed by atoms with E-state index in [1.54, 1.807) is 23.5 Å². The molecule has 0 unspecified atom stereocenters. The van der Waals surface area contributed by atoms with Crippen LogP contribution in [0.4, 0.5) is 0 Å². The van der Waals surface area contributed by atoms with Gasteiger partial charge in [0.15, 0.2) is 0 Å². The predicted octanol–water partition coefficient (Wildman–Crippen LogP) is 0.270. The van der Waals surface area contributed by atoms with Gasteiger partial charge in [-0.2, -0.15) is 48.8 Å². The molecule has 0 aromatic carbocycles. The molecule has 0 aliphatic heterocycles. The van der Waals surface area contributed by atoms with Crippen LogP contribution in [0, 0.1) is 0 Å². The monoisotopic (exact) mass is 441 g/mol. The maximum Gasteiger partial charge on any atom is 0.336 e. The van der Waals surface area contributed by atoms with E-state index in [4.69, 9.17) is 5.11 Å². The Kier molecular flexibility index (Phi) is 12.7. The van der Waals surface area contributed by atoms with Crippen LogP contribution in [0.15, 0.2) is 14.4 Å². The smallest absolute Gasteiger partial charge is 0.336 e. The number of aliphatic hydroxyl groups excluding tert-OH is 1. The van der Waals surface area contributed by atoms with E-state index in [-0.39, 0.29) is 26.2 Å². The van der Waals surface area contributed by atoms with Gasteiger partial charge in [0, 0.05) is 24.6 Å². The fraction of sp³-hybridized carbons (Fsp3) is 0.800. The minimum atomic E-state index is -0.644. The second-order valence-electron chi connectivity index (χ2n) is 5.41. The summed E-state index contributed by atoms with van der Waals surface area (Å²) >= 11 is 11.7. The number of rotatable bonds is 14. The quantitative estimate of drug-likeness (QED) is 0.284. The van der Waals surface area contributed by atoms with Gasteiger partial charge in [0.05, 0.1) is 13.2 Å². The van der Waals surface area contributed by atoms with Gasteiger partial charge in [0.25, 0.3) is 0 Å². The Balaban J connectivity index is 2.98. The minimum absolute atomic E-state index is 0.110. The summed E-state index contributed by atoms with van der Waals surface area (Å²) in [5.74, 6) is 5.01. The van der Waals surface area contributed by atoms with Gasteiger partial charge < -0.3 is 5.11 Å². The van der Waals surface area contributed by atoms with Crippen molar-refractivity contribution in [3.63, 3.8) is 0 Å². The van der Waals surface area contributed by atoms with E-state index >= 15 is 0 Å². The SMILES string of the molecule is O=c1n(CCO)c(=O)n(CCCSCCS)c(=O)n1CCCSCCS. The summed E-state index contributed by atoms with van der Waals surface area (Å²) in [7, 11) is 0. The van der Waals surface area contributed by atoms with Gasteiger partial charge in [0.1, 0.15) is 0 Å². The molecule has 26 heavy (non-hydrogen) atoms. The zero-order chi connectivity index (χ0) is 19.4. The van der Waals surface area contributed by atoms with Gasteiger partial charge in [-0.05, 0) is 35.9 Å². The average Bonchev–Trinajstić information content (AvgIpc) is 2.63. The number of aromatic nitrogens is 3. The summed E-state index contributed by atoms with van der Waals surface area (Å²) in [4.78, 5) is 37.5. The zero-order valence-electron chi connectivity index (χ0n) is 14.7. The maximum atomic E-state index is 12.6. The van der Waals surface area contributed by atoms with Gasteiger partial charge in [-0.3, -0.25) is 0 Å². The van der Waals surface area contributed by atoms with Gasteiger partial charge >= 0.3 is 17.1 Å². The van der Waals surface area contributed by atoms with Crippen LogP contribution in [0.5, 0.6) is 0 Å². The fourth-order valence-electron chi connectivity index (χ4n) is 2.34. The molecular formula is C15H27N3O4S4. The molecule has 0 aliphatic rings. The molecule has 7 nitrogen and oxygen atoms in total. The second kappa shape index (κ2) is 13.9. The first kappa shape index (κ1) is 23.8. The molecule has 0 saturated heterocycles. The topological polar surface area (TPSA) is 86.2 Å². The Bertz CT molecular complexity index is 649. The summed E-state index contributed by atoms with van der Waals surface area (Å²) in [6.45, 7) is 0.0817. The highest BCUT2D eigenvalue weighted by atomic mass is 32.2. The summed E-state index contributed by atoms with van der Waals surface area (Å²) in [5, 5.41) is 9.15. The summed E-state index contributed by atoms with van der Waals surface area (Å²) in [6, 6.07) is 0. The average molecular weight is 442 g/mol. The van der Waals surface area contributed by atoms with Crippen LogP contribution in [0.25, 0.3) is 0 Å². The van der Waals surface area contributed by atoms with Crippen molar-refractivity contribution in [2.75, 3.05) is 41.1 Å². The van der Waals surface area contributed by atoms with Gasteiger partial charge in [-0.1, -0.05) is 0 Å². The third kappa shape index (κ3) is 7.41. The van der Waals surface area contributed by atoms with E-state index in [1.807, 2.05) is 0 Å². The van der Waals surface area contributed by atoms with Crippen molar-refractivity contribution in [1.29, 1.82) is 0 Å². The number of thiol groups is 2. The molecule has 0 amide bonds. The Morgan fingerprint density at radius 1 is 0.692 bits per heavy atom. The highest BCUT2D eigenvalue weighted by Gasteiger charge is 2.14. The Morgan fingerprint density at radius 3 is 1.42 bits per heavy atom. The maximum absolute atomic E-state index is 12.6. The van der Waals surface area contributed by atoms with E-state index < -0.39 is 17.1 Å². The highest BCUT2D eigenvalue weighted by Crippen LogP contribution is 2.04.